The van der Waals surface area contributed by atoms with Crippen LogP contribution in [0, 0.1) is 34.5 Å². The van der Waals surface area contributed by atoms with Crippen molar-refractivity contribution in [3.63, 3.8) is 0 Å². The topological polar surface area (TPSA) is 104 Å². The molecule has 0 heterocycles. The fourth-order valence-electron chi connectivity index (χ4n) is 7.79. The molecule has 0 amide bonds. The highest BCUT2D eigenvalue weighted by Crippen LogP contribution is 2.67. The van der Waals surface area contributed by atoms with Crippen LogP contribution in [0.4, 0.5) is 0 Å². The maximum atomic E-state index is 10.9. The second-order valence-electron chi connectivity index (χ2n) is 10.2. The van der Waals surface area contributed by atoms with Gasteiger partial charge >= 0.3 is 16.4 Å². The smallest absolute Gasteiger partial charge is 0.339 e. The summed E-state index contributed by atoms with van der Waals surface area (Å²) < 4.78 is 34.7. The zero-order valence-electron chi connectivity index (χ0n) is 16.9. The van der Waals surface area contributed by atoms with Gasteiger partial charge in [0.25, 0.3) is 0 Å². The predicted octanol–water partition coefficient (Wildman–Crippen LogP) is 3.80. The van der Waals surface area contributed by atoms with Gasteiger partial charge in [-0.1, -0.05) is 32.3 Å². The van der Waals surface area contributed by atoms with Gasteiger partial charge in [0.15, 0.2) is 0 Å². The zero-order valence-corrected chi connectivity index (χ0v) is 17.7. The molecule has 0 saturated heterocycles. The first-order chi connectivity index (χ1) is 12.9. The monoisotopic (exact) mass is 414 g/mol. The number of aliphatic hydroxyl groups is 2. The first-order valence-corrected chi connectivity index (χ1v) is 12.2. The number of fused-ring (bicyclic) bond motifs is 5. The van der Waals surface area contributed by atoms with Gasteiger partial charge in [0.1, 0.15) is 0 Å². The average molecular weight is 415 g/mol. The van der Waals surface area contributed by atoms with Crippen LogP contribution < -0.4 is 0 Å². The van der Waals surface area contributed by atoms with E-state index in [1.807, 2.05) is 0 Å². The summed E-state index contributed by atoms with van der Waals surface area (Å²) in [6, 6.07) is 0. The molecular formula is C21H34O6S. The van der Waals surface area contributed by atoms with E-state index in [0.29, 0.717) is 23.7 Å². The summed E-state index contributed by atoms with van der Waals surface area (Å²) in [6.45, 7) is 4.71. The SMILES string of the molecule is C[C@]12CCCCC1CC[C@@H]1[C@@H]2CC[C@]2(C)C(=CC(O)(O)OS(=O)(=O)O)CC[C@@H]12. The van der Waals surface area contributed by atoms with Gasteiger partial charge in [0, 0.05) is 6.08 Å². The van der Waals surface area contributed by atoms with Crippen LogP contribution in [-0.4, -0.2) is 29.2 Å². The minimum absolute atomic E-state index is 0.168. The number of allylic oxidation sites excluding steroid dienone is 1. The van der Waals surface area contributed by atoms with Crippen LogP contribution in [0.2, 0.25) is 0 Å². The van der Waals surface area contributed by atoms with Crippen molar-refractivity contribution in [3.05, 3.63) is 11.6 Å². The van der Waals surface area contributed by atoms with Gasteiger partial charge in [0.2, 0.25) is 0 Å². The van der Waals surface area contributed by atoms with Gasteiger partial charge in [-0.15, -0.1) is 0 Å². The highest BCUT2D eigenvalue weighted by Gasteiger charge is 2.58. The van der Waals surface area contributed by atoms with Crippen LogP contribution in [0.25, 0.3) is 0 Å². The molecule has 4 aliphatic carbocycles. The van der Waals surface area contributed by atoms with Gasteiger partial charge < -0.3 is 10.2 Å². The first kappa shape index (κ1) is 20.8. The van der Waals surface area contributed by atoms with Crippen molar-refractivity contribution < 1.29 is 27.4 Å². The highest BCUT2D eigenvalue weighted by atomic mass is 32.3. The van der Waals surface area contributed by atoms with Crippen LogP contribution in [0.15, 0.2) is 11.6 Å². The van der Waals surface area contributed by atoms with Gasteiger partial charge in [-0.25, -0.2) is 0 Å². The molecule has 4 saturated carbocycles. The lowest BCUT2D eigenvalue weighted by Gasteiger charge is -2.60. The van der Waals surface area contributed by atoms with E-state index in [-0.39, 0.29) is 5.41 Å². The Morgan fingerprint density at radius 1 is 1.04 bits per heavy atom. The summed E-state index contributed by atoms with van der Waals surface area (Å²) in [6.07, 6.45) is 12.9. The molecule has 28 heavy (non-hydrogen) atoms. The van der Waals surface area contributed by atoms with Crippen molar-refractivity contribution in [2.45, 2.75) is 84.0 Å². The lowest BCUT2D eigenvalue weighted by atomic mass is 9.45. The van der Waals surface area contributed by atoms with E-state index < -0.39 is 16.4 Å². The van der Waals surface area contributed by atoms with E-state index in [0.717, 1.165) is 42.7 Å². The van der Waals surface area contributed by atoms with Crippen molar-refractivity contribution in [1.29, 1.82) is 0 Å². The largest absolute Gasteiger partial charge is 0.402 e. The quantitative estimate of drug-likeness (QED) is 0.369. The van der Waals surface area contributed by atoms with Crippen LogP contribution in [-0.2, 0) is 14.6 Å². The van der Waals surface area contributed by atoms with Crippen LogP contribution in [0.3, 0.4) is 0 Å². The molecule has 4 fully saturated rings. The van der Waals surface area contributed by atoms with Gasteiger partial charge in [-0.05, 0) is 85.9 Å². The van der Waals surface area contributed by atoms with E-state index in [2.05, 4.69) is 18.0 Å². The minimum atomic E-state index is -4.96. The number of rotatable bonds is 3. The molecular weight excluding hydrogens is 380 g/mol. The van der Waals surface area contributed by atoms with Crippen molar-refractivity contribution >= 4 is 10.4 Å². The molecule has 0 aliphatic heterocycles. The molecule has 0 radical (unpaired) electrons. The van der Waals surface area contributed by atoms with E-state index >= 15 is 0 Å². The molecule has 160 valence electrons. The Bertz CT molecular complexity index is 759. The van der Waals surface area contributed by atoms with E-state index in [4.69, 9.17) is 4.55 Å². The molecule has 1 unspecified atom stereocenters. The van der Waals surface area contributed by atoms with Crippen LogP contribution in [0.5, 0.6) is 0 Å². The molecule has 0 aromatic carbocycles. The van der Waals surface area contributed by atoms with Crippen molar-refractivity contribution in [3.8, 4) is 0 Å². The third kappa shape index (κ3) is 3.47. The molecule has 6 atom stereocenters. The molecule has 0 spiro atoms. The Kier molecular flexibility index (Phi) is 5.03. The van der Waals surface area contributed by atoms with Gasteiger partial charge in [0.05, 0.1) is 0 Å². The van der Waals surface area contributed by atoms with Crippen LogP contribution >= 0.6 is 0 Å². The molecule has 7 heteroatoms. The molecule has 4 aliphatic rings. The third-order valence-corrected chi connectivity index (χ3v) is 9.48. The average Bonchev–Trinajstić information content (AvgIpc) is 2.88. The molecule has 0 bridgehead atoms. The summed E-state index contributed by atoms with van der Waals surface area (Å²) >= 11 is 0. The lowest BCUT2D eigenvalue weighted by Crippen LogP contribution is -2.52. The first-order valence-electron chi connectivity index (χ1n) is 10.8. The fraction of sp³-hybridized carbons (Fsp3) is 0.905. The third-order valence-electron chi connectivity index (χ3n) is 9.02. The zero-order chi connectivity index (χ0) is 20.4. The standard InChI is InChI=1S/C21H34O6S/c1-19-11-4-3-5-14(19)6-8-16-17-9-7-15(20(17,2)12-10-18(16)19)13-21(22,23)27-28(24,25)26/h13-14,16-18,22-23H,3-12H2,1-2H3,(H,24,25,26)/t14?,16-,17-,18-,19-,20+/m0/s1. The normalized spacial score (nSPS) is 45.4. The Balaban J connectivity index is 1.59. The van der Waals surface area contributed by atoms with Crippen LogP contribution in [0.1, 0.15) is 78.1 Å². The number of hydrogen-bond acceptors (Lipinski definition) is 5. The van der Waals surface area contributed by atoms with Crippen molar-refractivity contribution in [1.82, 2.24) is 0 Å². The second-order valence-corrected chi connectivity index (χ2v) is 11.3. The molecule has 3 N–H and O–H groups in total. The Labute approximate surface area is 168 Å². The van der Waals surface area contributed by atoms with Crippen molar-refractivity contribution in [2.75, 3.05) is 0 Å². The van der Waals surface area contributed by atoms with Gasteiger partial charge in [-0.3, -0.25) is 4.55 Å². The highest BCUT2D eigenvalue weighted by molar-refractivity contribution is 7.80. The second kappa shape index (κ2) is 6.77. The van der Waals surface area contributed by atoms with E-state index in [1.54, 1.807) is 0 Å². The maximum Gasteiger partial charge on any atom is 0.402 e. The summed E-state index contributed by atoms with van der Waals surface area (Å²) in [5, 5.41) is 19.9. The molecule has 0 aromatic heterocycles. The maximum absolute atomic E-state index is 10.9. The Morgan fingerprint density at radius 2 is 1.79 bits per heavy atom. The number of hydrogen-bond donors (Lipinski definition) is 3. The Morgan fingerprint density at radius 3 is 2.50 bits per heavy atom. The molecule has 6 nitrogen and oxygen atoms in total. The summed E-state index contributed by atoms with van der Waals surface area (Å²) in [7, 11) is -4.96. The molecule has 4 rings (SSSR count). The Hall–Kier alpha value is -0.470. The van der Waals surface area contributed by atoms with E-state index in [9.17, 15) is 18.6 Å². The summed E-state index contributed by atoms with van der Waals surface area (Å²) in [5.74, 6) is -0.276. The summed E-state index contributed by atoms with van der Waals surface area (Å²) in [4.78, 5) is 0. The predicted molar refractivity (Wildman–Crippen MR) is 104 cm³/mol. The minimum Gasteiger partial charge on any atom is -0.339 e. The van der Waals surface area contributed by atoms with Crippen molar-refractivity contribution in [2.24, 2.45) is 34.5 Å². The van der Waals surface area contributed by atoms with Gasteiger partial charge in [-0.2, -0.15) is 12.6 Å². The fourth-order valence-corrected chi connectivity index (χ4v) is 8.14. The lowest BCUT2D eigenvalue weighted by molar-refractivity contribution is -0.254. The molecule has 0 aromatic rings. The summed E-state index contributed by atoms with van der Waals surface area (Å²) in [5.41, 5.74) is 1.12. The van der Waals surface area contributed by atoms with E-state index in [1.165, 1.54) is 38.5 Å².